The van der Waals surface area contributed by atoms with Gasteiger partial charge in [-0.25, -0.2) is 0 Å². The Morgan fingerprint density at radius 2 is 2.55 bits per heavy atom. The standard InChI is InChI=1S/C7H13N3S/c1-3-4-6(2)9-7-5-8-10-11-7/h5-6,9H,3-4H2,1-2H3. The van der Waals surface area contributed by atoms with Crippen LogP contribution in [-0.4, -0.2) is 15.6 Å². The van der Waals surface area contributed by atoms with Crippen LogP contribution in [0.4, 0.5) is 5.00 Å². The van der Waals surface area contributed by atoms with Gasteiger partial charge in [-0.15, -0.1) is 5.10 Å². The van der Waals surface area contributed by atoms with Crippen molar-refractivity contribution in [3.8, 4) is 0 Å². The normalized spacial score (nSPS) is 12.9. The molecule has 0 bridgehead atoms. The van der Waals surface area contributed by atoms with E-state index in [0.29, 0.717) is 6.04 Å². The van der Waals surface area contributed by atoms with Crippen LogP contribution in [0.3, 0.4) is 0 Å². The Morgan fingerprint density at radius 1 is 1.73 bits per heavy atom. The van der Waals surface area contributed by atoms with Crippen molar-refractivity contribution in [3.05, 3.63) is 6.20 Å². The highest BCUT2D eigenvalue weighted by molar-refractivity contribution is 7.09. The van der Waals surface area contributed by atoms with E-state index in [1.807, 2.05) is 0 Å². The first-order valence-electron chi connectivity index (χ1n) is 3.86. The summed E-state index contributed by atoms with van der Waals surface area (Å²) in [5.74, 6) is 0. The molecule has 0 aliphatic rings. The molecule has 11 heavy (non-hydrogen) atoms. The number of hydrogen-bond donors (Lipinski definition) is 1. The summed E-state index contributed by atoms with van der Waals surface area (Å²) in [6.07, 6.45) is 4.16. The average molecular weight is 171 g/mol. The van der Waals surface area contributed by atoms with Gasteiger partial charge in [-0.2, -0.15) is 0 Å². The third kappa shape index (κ3) is 2.84. The molecule has 1 aromatic rings. The SMILES string of the molecule is CCCC(C)Nc1cnns1. The first-order chi connectivity index (χ1) is 5.33. The van der Waals surface area contributed by atoms with Crippen LogP contribution in [0.5, 0.6) is 0 Å². The number of nitrogens with one attached hydrogen (secondary N) is 1. The second kappa shape index (κ2) is 4.28. The van der Waals surface area contributed by atoms with E-state index < -0.39 is 0 Å². The predicted molar refractivity (Wildman–Crippen MR) is 47.9 cm³/mol. The van der Waals surface area contributed by atoms with E-state index in [1.54, 1.807) is 6.20 Å². The summed E-state index contributed by atoms with van der Waals surface area (Å²) in [4.78, 5) is 0. The second-order valence-electron chi connectivity index (χ2n) is 2.62. The largest absolute Gasteiger partial charge is 0.372 e. The Morgan fingerprint density at radius 3 is 3.09 bits per heavy atom. The highest BCUT2D eigenvalue weighted by atomic mass is 32.1. The summed E-state index contributed by atoms with van der Waals surface area (Å²) >= 11 is 1.40. The fourth-order valence-corrected chi connectivity index (χ4v) is 1.51. The lowest BCUT2D eigenvalue weighted by Crippen LogP contribution is -2.13. The molecule has 1 rings (SSSR count). The van der Waals surface area contributed by atoms with Gasteiger partial charge in [0.25, 0.3) is 0 Å². The van der Waals surface area contributed by atoms with Crippen molar-refractivity contribution in [1.82, 2.24) is 9.59 Å². The van der Waals surface area contributed by atoms with Gasteiger partial charge in [-0.1, -0.05) is 17.8 Å². The van der Waals surface area contributed by atoms with Crippen molar-refractivity contribution in [3.63, 3.8) is 0 Å². The summed E-state index contributed by atoms with van der Waals surface area (Å²) in [7, 11) is 0. The van der Waals surface area contributed by atoms with Gasteiger partial charge in [-0.3, -0.25) is 0 Å². The molecule has 62 valence electrons. The number of aromatic nitrogens is 2. The van der Waals surface area contributed by atoms with Gasteiger partial charge >= 0.3 is 0 Å². The minimum atomic E-state index is 0.530. The minimum Gasteiger partial charge on any atom is -0.372 e. The van der Waals surface area contributed by atoms with E-state index in [2.05, 4.69) is 28.8 Å². The second-order valence-corrected chi connectivity index (χ2v) is 3.40. The molecule has 0 spiro atoms. The first-order valence-corrected chi connectivity index (χ1v) is 4.64. The van der Waals surface area contributed by atoms with Crippen LogP contribution in [-0.2, 0) is 0 Å². The lowest BCUT2D eigenvalue weighted by atomic mass is 10.2. The fraction of sp³-hybridized carbons (Fsp3) is 0.714. The molecule has 3 nitrogen and oxygen atoms in total. The van der Waals surface area contributed by atoms with Gasteiger partial charge in [-0.05, 0) is 13.3 Å². The summed E-state index contributed by atoms with van der Waals surface area (Å²) in [6, 6.07) is 0.530. The van der Waals surface area contributed by atoms with Crippen LogP contribution in [0.2, 0.25) is 0 Å². The summed E-state index contributed by atoms with van der Waals surface area (Å²) in [5, 5.41) is 8.12. The van der Waals surface area contributed by atoms with Gasteiger partial charge in [0.15, 0.2) is 0 Å². The maximum Gasteiger partial charge on any atom is 0.130 e. The smallest absolute Gasteiger partial charge is 0.130 e. The topological polar surface area (TPSA) is 37.8 Å². The van der Waals surface area contributed by atoms with Crippen LogP contribution in [0, 0.1) is 0 Å². The Bertz CT molecular complexity index is 186. The van der Waals surface area contributed by atoms with Crippen LogP contribution in [0.15, 0.2) is 6.20 Å². The summed E-state index contributed by atoms with van der Waals surface area (Å²) in [5.41, 5.74) is 0. The maximum absolute atomic E-state index is 3.76. The molecule has 1 heterocycles. The zero-order chi connectivity index (χ0) is 8.10. The maximum atomic E-state index is 3.76. The van der Waals surface area contributed by atoms with Gasteiger partial charge in [0.05, 0.1) is 6.20 Å². The van der Waals surface area contributed by atoms with Crippen molar-refractivity contribution in [2.24, 2.45) is 0 Å². The predicted octanol–water partition coefficient (Wildman–Crippen LogP) is 2.14. The minimum absolute atomic E-state index is 0.530. The number of hydrogen-bond acceptors (Lipinski definition) is 4. The van der Waals surface area contributed by atoms with Crippen molar-refractivity contribution in [2.45, 2.75) is 32.7 Å². The third-order valence-corrected chi connectivity index (χ3v) is 2.07. The molecule has 1 atom stereocenters. The van der Waals surface area contributed by atoms with Crippen molar-refractivity contribution >= 4 is 16.5 Å². The molecule has 0 aliphatic heterocycles. The van der Waals surface area contributed by atoms with E-state index in [0.717, 1.165) is 5.00 Å². The van der Waals surface area contributed by atoms with Crippen molar-refractivity contribution in [2.75, 3.05) is 5.32 Å². The average Bonchev–Trinajstić information content (AvgIpc) is 2.40. The quantitative estimate of drug-likeness (QED) is 0.754. The molecule has 1 N–H and O–H groups in total. The van der Waals surface area contributed by atoms with Crippen LogP contribution >= 0.6 is 11.5 Å². The molecule has 0 saturated carbocycles. The van der Waals surface area contributed by atoms with Gasteiger partial charge in [0, 0.05) is 17.6 Å². The van der Waals surface area contributed by atoms with E-state index in [1.165, 1.54) is 24.4 Å². The molecule has 4 heteroatoms. The molecular weight excluding hydrogens is 158 g/mol. The molecule has 0 amide bonds. The number of anilines is 1. The third-order valence-electron chi connectivity index (χ3n) is 1.47. The van der Waals surface area contributed by atoms with Crippen LogP contribution in [0.25, 0.3) is 0 Å². The van der Waals surface area contributed by atoms with Crippen molar-refractivity contribution < 1.29 is 0 Å². The lowest BCUT2D eigenvalue weighted by Gasteiger charge is -2.10. The van der Waals surface area contributed by atoms with E-state index in [-0.39, 0.29) is 0 Å². The van der Waals surface area contributed by atoms with Gasteiger partial charge in [0.2, 0.25) is 0 Å². The molecule has 0 aromatic carbocycles. The lowest BCUT2D eigenvalue weighted by molar-refractivity contribution is 0.692. The molecule has 0 radical (unpaired) electrons. The van der Waals surface area contributed by atoms with E-state index in [9.17, 15) is 0 Å². The number of nitrogens with zero attached hydrogens (tertiary/aromatic N) is 2. The molecule has 0 fully saturated rings. The highest BCUT2D eigenvalue weighted by Crippen LogP contribution is 2.12. The van der Waals surface area contributed by atoms with E-state index in [4.69, 9.17) is 0 Å². The summed E-state index contributed by atoms with van der Waals surface area (Å²) in [6.45, 7) is 4.35. The van der Waals surface area contributed by atoms with Crippen LogP contribution in [0.1, 0.15) is 26.7 Å². The molecular formula is C7H13N3S. The molecule has 0 saturated heterocycles. The van der Waals surface area contributed by atoms with E-state index >= 15 is 0 Å². The van der Waals surface area contributed by atoms with Gasteiger partial charge in [0.1, 0.15) is 5.00 Å². The zero-order valence-corrected chi connectivity index (χ0v) is 7.69. The number of rotatable bonds is 4. The fourth-order valence-electron chi connectivity index (χ4n) is 0.979. The Balaban J connectivity index is 2.31. The highest BCUT2D eigenvalue weighted by Gasteiger charge is 2.00. The monoisotopic (exact) mass is 171 g/mol. The zero-order valence-electron chi connectivity index (χ0n) is 6.87. The van der Waals surface area contributed by atoms with Crippen molar-refractivity contribution in [1.29, 1.82) is 0 Å². The van der Waals surface area contributed by atoms with Crippen LogP contribution < -0.4 is 5.32 Å². The first kappa shape index (κ1) is 8.46. The van der Waals surface area contributed by atoms with Gasteiger partial charge < -0.3 is 5.32 Å². The molecule has 1 unspecified atom stereocenters. The molecule has 0 aliphatic carbocycles. The Labute approximate surface area is 71.0 Å². The molecule has 1 aromatic heterocycles. The Hall–Kier alpha value is -0.640. The Kier molecular flexibility index (Phi) is 3.29. The summed E-state index contributed by atoms with van der Waals surface area (Å²) < 4.78 is 3.76.